The van der Waals surface area contributed by atoms with Gasteiger partial charge in [0.25, 0.3) is 5.91 Å². The minimum atomic E-state index is -0.917. The number of hydrogen-bond donors (Lipinski definition) is 3. The van der Waals surface area contributed by atoms with Crippen molar-refractivity contribution >= 4 is 23.5 Å². The van der Waals surface area contributed by atoms with Gasteiger partial charge in [-0.15, -0.1) is 0 Å². The summed E-state index contributed by atoms with van der Waals surface area (Å²) in [6, 6.07) is 6.89. The summed E-state index contributed by atoms with van der Waals surface area (Å²) in [5.74, 6) is -0.656. The van der Waals surface area contributed by atoms with E-state index in [-0.39, 0.29) is 30.8 Å². The molecule has 0 atom stereocenters. The van der Waals surface area contributed by atoms with Crippen LogP contribution in [0.1, 0.15) is 38.5 Å². The fourth-order valence-electron chi connectivity index (χ4n) is 2.97. The number of carbonyl (C=O) groups is 3. The van der Waals surface area contributed by atoms with Gasteiger partial charge in [0.1, 0.15) is 5.75 Å². The molecule has 0 aliphatic heterocycles. The smallest absolute Gasteiger partial charge is 0.305 e. The molecule has 1 aromatic rings. The van der Waals surface area contributed by atoms with Crippen molar-refractivity contribution in [3.05, 3.63) is 24.3 Å². The van der Waals surface area contributed by atoms with Gasteiger partial charge in [-0.25, -0.2) is 0 Å². The van der Waals surface area contributed by atoms with E-state index < -0.39 is 11.5 Å². The third-order valence-electron chi connectivity index (χ3n) is 4.62. The molecule has 3 N–H and O–H groups in total. The lowest BCUT2D eigenvalue weighted by molar-refractivity contribution is -0.140. The Labute approximate surface area is 145 Å². The fraction of sp³-hybridized carbons (Fsp3) is 0.500. The van der Waals surface area contributed by atoms with E-state index in [1.807, 2.05) is 0 Å². The van der Waals surface area contributed by atoms with Crippen LogP contribution in [0.4, 0.5) is 5.69 Å². The van der Waals surface area contributed by atoms with Crippen molar-refractivity contribution in [2.45, 2.75) is 44.1 Å². The largest absolute Gasteiger partial charge is 0.484 e. The Morgan fingerprint density at radius 1 is 1.24 bits per heavy atom. The molecule has 3 rings (SSSR count). The van der Waals surface area contributed by atoms with E-state index >= 15 is 0 Å². The van der Waals surface area contributed by atoms with Crippen LogP contribution in [0.25, 0.3) is 0 Å². The number of anilines is 1. The number of carboxylic acid groups (broad SMARTS) is 1. The Kier molecular flexibility index (Phi) is 4.92. The summed E-state index contributed by atoms with van der Waals surface area (Å²) < 4.78 is 5.47. The zero-order valence-electron chi connectivity index (χ0n) is 13.9. The average Bonchev–Trinajstić information content (AvgIpc) is 3.35. The lowest BCUT2D eigenvalue weighted by atomic mass is 9.74. The normalized spacial score (nSPS) is 17.9. The highest BCUT2D eigenvalue weighted by molar-refractivity contribution is 5.94. The molecule has 7 nitrogen and oxygen atoms in total. The van der Waals surface area contributed by atoms with E-state index in [1.165, 1.54) is 0 Å². The Morgan fingerprint density at radius 2 is 2.00 bits per heavy atom. The number of ether oxygens (including phenoxy) is 1. The summed E-state index contributed by atoms with van der Waals surface area (Å²) in [5.41, 5.74) is 0.00275. The van der Waals surface area contributed by atoms with Crippen LogP contribution in [-0.4, -0.2) is 35.0 Å². The van der Waals surface area contributed by atoms with Crippen LogP contribution < -0.4 is 15.4 Å². The van der Waals surface area contributed by atoms with Crippen LogP contribution in [0.3, 0.4) is 0 Å². The predicted molar refractivity (Wildman–Crippen MR) is 90.3 cm³/mol. The molecule has 0 spiro atoms. The molecule has 2 amide bonds. The highest BCUT2D eigenvalue weighted by Crippen LogP contribution is 2.35. The van der Waals surface area contributed by atoms with Crippen LogP contribution in [0.15, 0.2) is 24.3 Å². The molecule has 0 aromatic heterocycles. The topological polar surface area (TPSA) is 105 Å². The molecule has 2 aliphatic rings. The molecule has 0 saturated heterocycles. The molecular formula is C18H22N2O5. The maximum Gasteiger partial charge on any atom is 0.305 e. The van der Waals surface area contributed by atoms with Crippen molar-refractivity contribution in [2.75, 3.05) is 11.9 Å². The molecule has 2 saturated carbocycles. The van der Waals surface area contributed by atoms with Crippen molar-refractivity contribution < 1.29 is 24.2 Å². The molecule has 2 fully saturated rings. The van der Waals surface area contributed by atoms with Crippen LogP contribution in [0.5, 0.6) is 5.75 Å². The number of amides is 2. The summed E-state index contributed by atoms with van der Waals surface area (Å²) in [7, 11) is 0. The summed E-state index contributed by atoms with van der Waals surface area (Å²) in [5, 5.41) is 14.6. The quantitative estimate of drug-likeness (QED) is 0.667. The average molecular weight is 346 g/mol. The van der Waals surface area contributed by atoms with Crippen LogP contribution in [-0.2, 0) is 14.4 Å². The minimum absolute atomic E-state index is 0.00971. The second-order valence-electron chi connectivity index (χ2n) is 6.83. The van der Waals surface area contributed by atoms with Gasteiger partial charge in [-0.3, -0.25) is 14.4 Å². The highest BCUT2D eigenvalue weighted by atomic mass is 16.5. The van der Waals surface area contributed by atoms with Gasteiger partial charge in [-0.1, -0.05) is 6.07 Å². The van der Waals surface area contributed by atoms with E-state index in [2.05, 4.69) is 10.6 Å². The molecule has 25 heavy (non-hydrogen) atoms. The van der Waals surface area contributed by atoms with Gasteiger partial charge in [0, 0.05) is 17.7 Å². The SMILES string of the molecule is O=C(O)CC1(NC(=O)COc2cccc(NC(=O)C3CC3)c2)CCC1. The molecule has 0 radical (unpaired) electrons. The van der Waals surface area contributed by atoms with Gasteiger partial charge in [0.05, 0.1) is 12.0 Å². The summed E-state index contributed by atoms with van der Waals surface area (Å²) >= 11 is 0. The maximum absolute atomic E-state index is 12.1. The van der Waals surface area contributed by atoms with E-state index in [1.54, 1.807) is 24.3 Å². The van der Waals surface area contributed by atoms with E-state index in [0.29, 0.717) is 24.3 Å². The second-order valence-corrected chi connectivity index (χ2v) is 6.83. The maximum atomic E-state index is 12.1. The van der Waals surface area contributed by atoms with Gasteiger partial charge in [-0.05, 0) is 44.2 Å². The lowest BCUT2D eigenvalue weighted by Gasteiger charge is -2.41. The molecule has 2 aliphatic carbocycles. The number of aliphatic carboxylic acids is 1. The van der Waals surface area contributed by atoms with Gasteiger partial charge in [0.2, 0.25) is 5.91 Å². The third kappa shape index (κ3) is 4.71. The van der Waals surface area contributed by atoms with Crippen molar-refractivity contribution in [3.8, 4) is 5.75 Å². The zero-order valence-corrected chi connectivity index (χ0v) is 13.9. The highest BCUT2D eigenvalue weighted by Gasteiger charge is 2.40. The Bertz CT molecular complexity index is 680. The molecular weight excluding hydrogens is 324 g/mol. The number of rotatable bonds is 8. The second kappa shape index (κ2) is 7.13. The van der Waals surface area contributed by atoms with Crippen molar-refractivity contribution in [1.29, 1.82) is 0 Å². The fourth-order valence-corrected chi connectivity index (χ4v) is 2.97. The van der Waals surface area contributed by atoms with Gasteiger partial charge < -0.3 is 20.5 Å². The number of benzene rings is 1. The third-order valence-corrected chi connectivity index (χ3v) is 4.62. The first-order valence-electron chi connectivity index (χ1n) is 8.52. The van der Waals surface area contributed by atoms with E-state index in [4.69, 9.17) is 9.84 Å². The van der Waals surface area contributed by atoms with Gasteiger partial charge >= 0.3 is 5.97 Å². The first-order chi connectivity index (χ1) is 12.0. The Balaban J connectivity index is 1.50. The predicted octanol–water partition coefficient (Wildman–Crippen LogP) is 1.93. The summed E-state index contributed by atoms with van der Waals surface area (Å²) in [4.78, 5) is 34.8. The van der Waals surface area contributed by atoms with Crippen molar-refractivity contribution in [1.82, 2.24) is 5.32 Å². The van der Waals surface area contributed by atoms with Crippen LogP contribution in [0, 0.1) is 5.92 Å². The molecule has 0 heterocycles. The first-order valence-corrected chi connectivity index (χ1v) is 8.52. The van der Waals surface area contributed by atoms with Crippen molar-refractivity contribution in [3.63, 3.8) is 0 Å². The van der Waals surface area contributed by atoms with Crippen molar-refractivity contribution in [2.24, 2.45) is 5.92 Å². The minimum Gasteiger partial charge on any atom is -0.484 e. The summed E-state index contributed by atoms with van der Waals surface area (Å²) in [6.45, 7) is -0.193. The molecule has 1 aromatic carbocycles. The first kappa shape index (κ1) is 17.3. The number of nitrogens with one attached hydrogen (secondary N) is 2. The molecule has 134 valence electrons. The number of hydrogen-bond acceptors (Lipinski definition) is 4. The standard InChI is InChI=1S/C18H22N2O5/c21-15(20-18(7-2-8-18)10-16(22)23)11-25-14-4-1-3-13(9-14)19-17(24)12-5-6-12/h1,3-4,9,12H,2,5-8,10-11H2,(H,19,24)(H,20,21)(H,22,23). The van der Waals surface area contributed by atoms with E-state index in [9.17, 15) is 14.4 Å². The molecule has 7 heteroatoms. The Hall–Kier alpha value is -2.57. The van der Waals surface area contributed by atoms with Gasteiger partial charge in [0.15, 0.2) is 6.61 Å². The zero-order chi connectivity index (χ0) is 17.9. The molecule has 0 bridgehead atoms. The van der Waals surface area contributed by atoms with Crippen LogP contribution >= 0.6 is 0 Å². The molecule has 0 unspecified atom stereocenters. The van der Waals surface area contributed by atoms with E-state index in [0.717, 1.165) is 19.3 Å². The lowest BCUT2D eigenvalue weighted by Crippen LogP contribution is -2.55. The number of carboxylic acids is 1. The Morgan fingerprint density at radius 3 is 2.60 bits per heavy atom. The number of carbonyl (C=O) groups excluding carboxylic acids is 2. The van der Waals surface area contributed by atoms with Gasteiger partial charge in [-0.2, -0.15) is 0 Å². The van der Waals surface area contributed by atoms with Crippen LogP contribution in [0.2, 0.25) is 0 Å². The summed E-state index contributed by atoms with van der Waals surface area (Å²) in [6.07, 6.45) is 4.06. The monoisotopic (exact) mass is 346 g/mol.